The largest absolute Gasteiger partial charge is 0.432 e. The highest BCUT2D eigenvalue weighted by atomic mass is 19.4. The van der Waals surface area contributed by atoms with Gasteiger partial charge in [0.2, 0.25) is 0 Å². The zero-order valence-electron chi connectivity index (χ0n) is 12.9. The Morgan fingerprint density at radius 2 is 2.00 bits per heavy atom. The molecular formula is C16H14F3N5O. The minimum Gasteiger partial charge on any atom is -0.350 e. The number of H-pyrrole nitrogens is 1. The van der Waals surface area contributed by atoms with Crippen molar-refractivity contribution in [1.82, 2.24) is 25.3 Å². The van der Waals surface area contributed by atoms with Crippen LogP contribution in [0, 0.1) is 0 Å². The Morgan fingerprint density at radius 1 is 1.24 bits per heavy atom. The van der Waals surface area contributed by atoms with Crippen molar-refractivity contribution >= 4 is 5.91 Å². The van der Waals surface area contributed by atoms with Crippen molar-refractivity contribution < 1.29 is 18.0 Å². The number of carbonyl (C=O) groups excluding carboxylic acids is 1. The van der Waals surface area contributed by atoms with E-state index < -0.39 is 17.8 Å². The van der Waals surface area contributed by atoms with E-state index in [0.29, 0.717) is 12.5 Å². The molecule has 0 aliphatic carbocycles. The van der Waals surface area contributed by atoms with Gasteiger partial charge in [-0.1, -0.05) is 18.2 Å². The third-order valence-corrected chi connectivity index (χ3v) is 3.47. The van der Waals surface area contributed by atoms with Crippen molar-refractivity contribution in [2.75, 3.05) is 6.54 Å². The van der Waals surface area contributed by atoms with Crippen LogP contribution in [-0.4, -0.2) is 32.4 Å². The quantitative estimate of drug-likeness (QED) is 0.743. The Kier molecular flexibility index (Phi) is 4.55. The summed E-state index contributed by atoms with van der Waals surface area (Å²) in [7, 11) is 0. The molecule has 3 aromatic rings. The second kappa shape index (κ2) is 6.80. The molecule has 0 saturated carbocycles. The average Bonchev–Trinajstić information content (AvgIpc) is 3.25. The molecule has 0 aliphatic heterocycles. The molecule has 0 unspecified atom stereocenters. The maximum atomic E-state index is 12.5. The Hall–Kier alpha value is -3.10. The fourth-order valence-corrected chi connectivity index (χ4v) is 2.21. The molecule has 2 aromatic heterocycles. The number of hydrogen-bond donors (Lipinski definition) is 2. The molecule has 0 bridgehead atoms. The van der Waals surface area contributed by atoms with E-state index in [1.807, 2.05) is 41.6 Å². The number of amides is 1. The van der Waals surface area contributed by atoms with E-state index in [1.54, 1.807) is 10.9 Å². The smallest absolute Gasteiger partial charge is 0.350 e. The van der Waals surface area contributed by atoms with Gasteiger partial charge in [-0.2, -0.15) is 23.4 Å². The summed E-state index contributed by atoms with van der Waals surface area (Å²) in [5.41, 5.74) is 0.449. The molecule has 2 heterocycles. The zero-order valence-corrected chi connectivity index (χ0v) is 12.9. The molecule has 0 atom stereocenters. The molecule has 0 spiro atoms. The predicted molar refractivity (Wildman–Crippen MR) is 83.2 cm³/mol. The maximum Gasteiger partial charge on any atom is 0.432 e. The Balaban J connectivity index is 1.54. The number of halogens is 3. The Labute approximate surface area is 140 Å². The third kappa shape index (κ3) is 4.06. The standard InChI is InChI=1S/C16H14F3N5O/c17-16(18,19)14-8-13(22-23-14)15(25)20-7-6-11-9-21-24(10-11)12-4-2-1-3-5-12/h1-5,8-10H,6-7H2,(H,20,25)(H,22,23). The molecular weight excluding hydrogens is 335 g/mol. The first-order valence-corrected chi connectivity index (χ1v) is 7.43. The Morgan fingerprint density at radius 3 is 2.68 bits per heavy atom. The highest BCUT2D eigenvalue weighted by Gasteiger charge is 2.33. The van der Waals surface area contributed by atoms with Crippen molar-refractivity contribution in [2.24, 2.45) is 0 Å². The fraction of sp³-hybridized carbons (Fsp3) is 0.188. The molecule has 6 nitrogen and oxygen atoms in total. The number of nitrogens with zero attached hydrogens (tertiary/aromatic N) is 3. The first-order chi connectivity index (χ1) is 11.9. The summed E-state index contributed by atoms with van der Waals surface area (Å²) in [6, 6.07) is 10.2. The average molecular weight is 349 g/mol. The van der Waals surface area contributed by atoms with E-state index in [2.05, 4.69) is 15.5 Å². The van der Waals surface area contributed by atoms with E-state index in [0.717, 1.165) is 11.3 Å². The first-order valence-electron chi connectivity index (χ1n) is 7.43. The van der Waals surface area contributed by atoms with Crippen LogP contribution in [0.2, 0.25) is 0 Å². The molecule has 2 N–H and O–H groups in total. The SMILES string of the molecule is O=C(NCCc1cnn(-c2ccccc2)c1)c1cc(C(F)(F)F)[nH]n1. The summed E-state index contributed by atoms with van der Waals surface area (Å²) in [6.45, 7) is 0.257. The summed E-state index contributed by atoms with van der Waals surface area (Å²) in [6.07, 6.45) is -0.556. The molecule has 130 valence electrons. The highest BCUT2D eigenvalue weighted by Crippen LogP contribution is 2.27. The van der Waals surface area contributed by atoms with Gasteiger partial charge in [0.05, 0.1) is 11.9 Å². The van der Waals surface area contributed by atoms with Gasteiger partial charge < -0.3 is 5.32 Å². The van der Waals surface area contributed by atoms with E-state index >= 15 is 0 Å². The normalized spacial score (nSPS) is 11.5. The third-order valence-electron chi connectivity index (χ3n) is 3.47. The number of rotatable bonds is 5. The molecule has 0 saturated heterocycles. The number of aromatic nitrogens is 4. The lowest BCUT2D eigenvalue weighted by molar-refractivity contribution is -0.141. The van der Waals surface area contributed by atoms with Gasteiger partial charge in [-0.25, -0.2) is 4.68 Å². The molecule has 3 rings (SSSR count). The predicted octanol–water partition coefficient (Wildman–Crippen LogP) is 2.59. The maximum absolute atomic E-state index is 12.5. The summed E-state index contributed by atoms with van der Waals surface area (Å²) < 4.78 is 39.1. The van der Waals surface area contributed by atoms with Crippen LogP contribution < -0.4 is 5.32 Å². The summed E-state index contributed by atoms with van der Waals surface area (Å²) >= 11 is 0. The summed E-state index contributed by atoms with van der Waals surface area (Å²) in [4.78, 5) is 11.8. The van der Waals surface area contributed by atoms with Gasteiger partial charge in [-0.3, -0.25) is 9.89 Å². The van der Waals surface area contributed by atoms with Crippen molar-refractivity contribution in [1.29, 1.82) is 0 Å². The van der Waals surface area contributed by atoms with Crippen LogP contribution in [0.3, 0.4) is 0 Å². The second-order valence-electron chi connectivity index (χ2n) is 5.30. The minimum atomic E-state index is -4.56. The summed E-state index contributed by atoms with van der Waals surface area (Å²) in [5.74, 6) is -0.665. The van der Waals surface area contributed by atoms with Gasteiger partial charge in [-0.15, -0.1) is 0 Å². The number of hydrogen-bond acceptors (Lipinski definition) is 3. The number of nitrogens with one attached hydrogen (secondary N) is 2. The van der Waals surface area contributed by atoms with Gasteiger partial charge in [0.15, 0.2) is 5.69 Å². The van der Waals surface area contributed by atoms with Crippen LogP contribution in [0.15, 0.2) is 48.8 Å². The zero-order chi connectivity index (χ0) is 17.9. The van der Waals surface area contributed by atoms with Gasteiger partial charge >= 0.3 is 6.18 Å². The van der Waals surface area contributed by atoms with Crippen LogP contribution in [0.4, 0.5) is 13.2 Å². The van der Waals surface area contributed by atoms with Crippen molar-refractivity contribution in [3.8, 4) is 5.69 Å². The van der Waals surface area contributed by atoms with E-state index in [-0.39, 0.29) is 12.2 Å². The molecule has 1 amide bonds. The topological polar surface area (TPSA) is 75.6 Å². The van der Waals surface area contributed by atoms with Crippen molar-refractivity contribution in [3.63, 3.8) is 0 Å². The second-order valence-corrected chi connectivity index (χ2v) is 5.30. The molecule has 0 aliphatic rings. The lowest BCUT2D eigenvalue weighted by Gasteiger charge is -2.02. The van der Waals surface area contributed by atoms with Crippen LogP contribution in [0.5, 0.6) is 0 Å². The fourth-order valence-electron chi connectivity index (χ4n) is 2.21. The van der Waals surface area contributed by atoms with Gasteiger partial charge in [0.1, 0.15) is 5.69 Å². The molecule has 1 aromatic carbocycles. The molecule has 25 heavy (non-hydrogen) atoms. The summed E-state index contributed by atoms with van der Waals surface area (Å²) in [5, 5.41) is 12.0. The van der Waals surface area contributed by atoms with Crippen LogP contribution >= 0.6 is 0 Å². The number of alkyl halides is 3. The minimum absolute atomic E-state index is 0.257. The molecule has 0 fully saturated rings. The number of carbonyl (C=O) groups is 1. The van der Waals surface area contributed by atoms with Crippen LogP contribution in [0.1, 0.15) is 21.7 Å². The molecule has 9 heteroatoms. The van der Waals surface area contributed by atoms with Gasteiger partial charge in [-0.05, 0) is 24.1 Å². The first kappa shape index (κ1) is 16.7. The van der Waals surface area contributed by atoms with E-state index in [9.17, 15) is 18.0 Å². The Bertz CT molecular complexity index is 854. The van der Waals surface area contributed by atoms with Crippen LogP contribution in [0.25, 0.3) is 5.69 Å². The van der Waals surface area contributed by atoms with Gasteiger partial charge in [0, 0.05) is 18.8 Å². The van der Waals surface area contributed by atoms with E-state index in [1.165, 1.54) is 0 Å². The van der Waals surface area contributed by atoms with Crippen molar-refractivity contribution in [3.05, 3.63) is 65.7 Å². The number of benzene rings is 1. The monoisotopic (exact) mass is 349 g/mol. The molecule has 0 radical (unpaired) electrons. The number of para-hydroxylation sites is 1. The number of aromatic amines is 1. The van der Waals surface area contributed by atoms with Crippen molar-refractivity contribution in [2.45, 2.75) is 12.6 Å². The van der Waals surface area contributed by atoms with Gasteiger partial charge in [0.25, 0.3) is 5.91 Å². The van der Waals surface area contributed by atoms with E-state index in [4.69, 9.17) is 0 Å². The highest BCUT2D eigenvalue weighted by molar-refractivity contribution is 5.92. The van der Waals surface area contributed by atoms with Crippen LogP contribution in [-0.2, 0) is 12.6 Å². The lowest BCUT2D eigenvalue weighted by Crippen LogP contribution is -2.26. The lowest BCUT2D eigenvalue weighted by atomic mass is 10.2.